The number of nitrogens with zero attached hydrogens (tertiary/aromatic N) is 2. The average molecular weight is 360 g/mol. The molecule has 0 N–H and O–H groups in total. The minimum atomic E-state index is -0.874. The van der Waals surface area contributed by atoms with Gasteiger partial charge in [-0.25, -0.2) is 13.6 Å². The van der Waals surface area contributed by atoms with Gasteiger partial charge in [0.1, 0.15) is 11.6 Å². The van der Waals surface area contributed by atoms with Gasteiger partial charge in [0.2, 0.25) is 0 Å². The fraction of sp³-hybridized carbons (Fsp3) is 0.263. The largest absolute Gasteiger partial charge is 0.452 e. The van der Waals surface area contributed by atoms with Crippen LogP contribution in [0.3, 0.4) is 0 Å². The number of esters is 1. The van der Waals surface area contributed by atoms with E-state index in [9.17, 15) is 18.4 Å². The highest BCUT2D eigenvalue weighted by atomic mass is 19.1. The Bertz CT molecular complexity index is 805. The maximum atomic E-state index is 13.8. The van der Waals surface area contributed by atoms with Crippen molar-refractivity contribution in [3.63, 3.8) is 0 Å². The third-order valence-corrected chi connectivity index (χ3v) is 4.25. The second-order valence-electron chi connectivity index (χ2n) is 5.88. The van der Waals surface area contributed by atoms with E-state index >= 15 is 0 Å². The summed E-state index contributed by atoms with van der Waals surface area (Å²) in [5.74, 6) is -2.22. The maximum absolute atomic E-state index is 13.8. The quantitative estimate of drug-likeness (QED) is 0.786. The lowest BCUT2D eigenvalue weighted by atomic mass is 10.2. The molecule has 7 heteroatoms. The number of ether oxygens (including phenoxy) is 1. The van der Waals surface area contributed by atoms with Crippen LogP contribution < -0.4 is 4.90 Å². The first-order valence-corrected chi connectivity index (χ1v) is 8.25. The molecule has 0 unspecified atom stereocenters. The Balaban J connectivity index is 1.50. The van der Waals surface area contributed by atoms with Gasteiger partial charge in [-0.2, -0.15) is 0 Å². The average Bonchev–Trinajstić information content (AvgIpc) is 2.67. The van der Waals surface area contributed by atoms with Crippen molar-refractivity contribution in [1.29, 1.82) is 0 Å². The second kappa shape index (κ2) is 7.95. The molecule has 0 aliphatic carbocycles. The first-order valence-electron chi connectivity index (χ1n) is 8.25. The van der Waals surface area contributed by atoms with Gasteiger partial charge in [0.25, 0.3) is 5.91 Å². The topological polar surface area (TPSA) is 49.9 Å². The molecule has 2 aromatic carbocycles. The Kier molecular flexibility index (Phi) is 5.46. The van der Waals surface area contributed by atoms with Gasteiger partial charge >= 0.3 is 5.97 Å². The Hall–Kier alpha value is -2.96. The molecular weight excluding hydrogens is 342 g/mol. The summed E-state index contributed by atoms with van der Waals surface area (Å²) in [6, 6.07) is 11.9. The molecule has 2 aromatic rings. The zero-order valence-electron chi connectivity index (χ0n) is 14.0. The van der Waals surface area contributed by atoms with Gasteiger partial charge in [-0.1, -0.05) is 24.3 Å². The Labute approximate surface area is 149 Å². The summed E-state index contributed by atoms with van der Waals surface area (Å²) in [5.41, 5.74) is 0.301. The van der Waals surface area contributed by atoms with Crippen LogP contribution in [-0.2, 0) is 9.53 Å². The van der Waals surface area contributed by atoms with E-state index in [0.717, 1.165) is 6.07 Å². The number of amides is 1. The lowest BCUT2D eigenvalue weighted by Gasteiger charge is -2.36. The molecule has 0 radical (unpaired) electrons. The van der Waals surface area contributed by atoms with E-state index < -0.39 is 18.4 Å². The predicted octanol–water partition coefficient (Wildman–Crippen LogP) is 2.47. The van der Waals surface area contributed by atoms with Gasteiger partial charge in [-0.3, -0.25) is 4.79 Å². The lowest BCUT2D eigenvalue weighted by Crippen LogP contribution is -2.50. The minimum absolute atomic E-state index is 0.204. The van der Waals surface area contributed by atoms with Crippen molar-refractivity contribution < 1.29 is 23.1 Å². The van der Waals surface area contributed by atoms with E-state index in [1.165, 1.54) is 24.3 Å². The van der Waals surface area contributed by atoms with Crippen LogP contribution >= 0.6 is 0 Å². The van der Waals surface area contributed by atoms with E-state index in [-0.39, 0.29) is 17.3 Å². The molecule has 0 aromatic heterocycles. The van der Waals surface area contributed by atoms with Crippen molar-refractivity contribution in [3.8, 4) is 0 Å². The summed E-state index contributed by atoms with van der Waals surface area (Å²) in [5, 5.41) is 0. The fourth-order valence-corrected chi connectivity index (χ4v) is 2.83. The number of hydrogen-bond donors (Lipinski definition) is 0. The van der Waals surface area contributed by atoms with Crippen molar-refractivity contribution in [2.45, 2.75) is 0 Å². The van der Waals surface area contributed by atoms with Crippen molar-refractivity contribution in [3.05, 3.63) is 65.7 Å². The normalized spacial score (nSPS) is 14.2. The highest BCUT2D eigenvalue weighted by Crippen LogP contribution is 2.20. The van der Waals surface area contributed by atoms with Gasteiger partial charge < -0.3 is 14.5 Å². The molecule has 0 saturated carbocycles. The van der Waals surface area contributed by atoms with Crippen LogP contribution in [0.5, 0.6) is 0 Å². The number of anilines is 1. The zero-order valence-corrected chi connectivity index (χ0v) is 14.0. The molecule has 1 aliphatic rings. The van der Waals surface area contributed by atoms with Gasteiger partial charge in [-0.15, -0.1) is 0 Å². The Morgan fingerprint density at radius 2 is 1.50 bits per heavy atom. The molecule has 0 atom stereocenters. The molecule has 1 saturated heterocycles. The molecule has 1 heterocycles. The fourth-order valence-electron chi connectivity index (χ4n) is 2.83. The highest BCUT2D eigenvalue weighted by Gasteiger charge is 2.24. The standard InChI is InChI=1S/C19H18F2N2O3/c20-15-6-2-1-5-14(15)19(25)26-13-18(24)23-11-9-22(10-12-23)17-8-4-3-7-16(17)21/h1-8H,9-13H2. The maximum Gasteiger partial charge on any atom is 0.341 e. The van der Waals surface area contributed by atoms with Gasteiger partial charge in [-0.05, 0) is 24.3 Å². The van der Waals surface area contributed by atoms with Gasteiger partial charge in [0.05, 0.1) is 11.3 Å². The smallest absolute Gasteiger partial charge is 0.341 e. The summed E-state index contributed by atoms with van der Waals surface area (Å²) < 4.78 is 32.3. The number of benzene rings is 2. The van der Waals surface area contributed by atoms with Gasteiger partial charge in [0.15, 0.2) is 6.61 Å². The van der Waals surface area contributed by atoms with E-state index in [4.69, 9.17) is 4.74 Å². The monoisotopic (exact) mass is 360 g/mol. The number of carbonyl (C=O) groups excluding carboxylic acids is 2. The van der Waals surface area contributed by atoms with Crippen LogP contribution in [0.1, 0.15) is 10.4 Å². The van der Waals surface area contributed by atoms with Crippen molar-refractivity contribution in [2.75, 3.05) is 37.7 Å². The van der Waals surface area contributed by atoms with Crippen LogP contribution in [-0.4, -0.2) is 49.6 Å². The van der Waals surface area contributed by atoms with Crippen LogP contribution in [0.4, 0.5) is 14.5 Å². The predicted molar refractivity (Wildman–Crippen MR) is 91.9 cm³/mol. The summed E-state index contributed by atoms with van der Waals surface area (Å²) in [6.07, 6.45) is 0. The summed E-state index contributed by atoms with van der Waals surface area (Å²) >= 11 is 0. The number of para-hydroxylation sites is 1. The van der Waals surface area contributed by atoms with Crippen molar-refractivity contribution in [1.82, 2.24) is 4.90 Å². The molecule has 26 heavy (non-hydrogen) atoms. The molecule has 1 amide bonds. The van der Waals surface area contributed by atoms with E-state index in [1.54, 1.807) is 23.1 Å². The summed E-state index contributed by atoms with van der Waals surface area (Å²) in [7, 11) is 0. The minimum Gasteiger partial charge on any atom is -0.452 e. The molecule has 5 nitrogen and oxygen atoms in total. The lowest BCUT2D eigenvalue weighted by molar-refractivity contribution is -0.134. The highest BCUT2D eigenvalue weighted by molar-refractivity contribution is 5.91. The summed E-state index contributed by atoms with van der Waals surface area (Å²) in [4.78, 5) is 27.4. The van der Waals surface area contributed by atoms with E-state index in [0.29, 0.717) is 31.9 Å². The number of piperazine rings is 1. The number of halogens is 2. The molecule has 0 bridgehead atoms. The second-order valence-corrected chi connectivity index (χ2v) is 5.88. The SMILES string of the molecule is O=C(OCC(=O)N1CCN(c2ccccc2F)CC1)c1ccccc1F. The third-order valence-electron chi connectivity index (χ3n) is 4.25. The first kappa shape index (κ1) is 17.8. The zero-order chi connectivity index (χ0) is 18.5. The third kappa shape index (κ3) is 3.99. The number of rotatable bonds is 4. The van der Waals surface area contributed by atoms with E-state index in [2.05, 4.69) is 0 Å². The van der Waals surface area contributed by atoms with Crippen molar-refractivity contribution >= 4 is 17.6 Å². The van der Waals surface area contributed by atoms with E-state index in [1.807, 2.05) is 4.90 Å². The van der Waals surface area contributed by atoms with Crippen molar-refractivity contribution in [2.24, 2.45) is 0 Å². The molecular formula is C19H18F2N2O3. The Morgan fingerprint density at radius 3 is 2.15 bits per heavy atom. The Morgan fingerprint density at radius 1 is 0.885 bits per heavy atom. The molecule has 1 aliphatic heterocycles. The van der Waals surface area contributed by atoms with Crippen LogP contribution in [0.2, 0.25) is 0 Å². The molecule has 1 fully saturated rings. The molecule has 3 rings (SSSR count). The first-order chi connectivity index (χ1) is 12.6. The summed E-state index contributed by atoms with van der Waals surface area (Å²) in [6.45, 7) is 1.30. The number of carbonyl (C=O) groups is 2. The van der Waals surface area contributed by atoms with Crippen LogP contribution in [0.25, 0.3) is 0 Å². The van der Waals surface area contributed by atoms with Crippen LogP contribution in [0.15, 0.2) is 48.5 Å². The van der Waals surface area contributed by atoms with Crippen LogP contribution in [0, 0.1) is 11.6 Å². The van der Waals surface area contributed by atoms with Gasteiger partial charge in [0, 0.05) is 26.2 Å². The molecule has 136 valence electrons. The number of hydrogen-bond acceptors (Lipinski definition) is 4. The molecule has 0 spiro atoms.